The van der Waals surface area contributed by atoms with Crippen molar-refractivity contribution in [2.75, 3.05) is 7.11 Å². The molecule has 1 aromatic rings. The average molecular weight is 209 g/mol. The maximum absolute atomic E-state index is 10.7. The highest BCUT2D eigenvalue weighted by Crippen LogP contribution is 2.36. The van der Waals surface area contributed by atoms with E-state index >= 15 is 0 Å². The van der Waals surface area contributed by atoms with Crippen LogP contribution in [-0.4, -0.2) is 17.1 Å². The second kappa shape index (κ2) is 4.45. The quantitative estimate of drug-likeness (QED) is 0.468. The summed E-state index contributed by atoms with van der Waals surface area (Å²) in [7, 11) is 1.35. The first-order chi connectivity index (χ1) is 7.11. The van der Waals surface area contributed by atoms with E-state index in [1.54, 1.807) is 0 Å². The molecule has 0 amide bonds. The number of methoxy groups -OCH3 is 1. The SMILES string of the molecule is C=CCc1c([N+](=O)[O-])ccc(O)c1OC. The van der Waals surface area contributed by atoms with Crippen LogP contribution in [0.5, 0.6) is 11.5 Å². The van der Waals surface area contributed by atoms with Gasteiger partial charge in [-0.05, 0) is 6.07 Å². The fraction of sp³-hybridized carbons (Fsp3) is 0.200. The molecule has 1 N–H and O–H groups in total. The number of benzene rings is 1. The number of hydrogen-bond acceptors (Lipinski definition) is 4. The highest BCUT2D eigenvalue weighted by Gasteiger charge is 2.20. The van der Waals surface area contributed by atoms with Crippen molar-refractivity contribution in [1.82, 2.24) is 0 Å². The van der Waals surface area contributed by atoms with Crippen molar-refractivity contribution in [3.8, 4) is 11.5 Å². The highest BCUT2D eigenvalue weighted by atomic mass is 16.6. The molecular formula is C10H11NO4. The van der Waals surface area contributed by atoms with Crippen molar-refractivity contribution in [2.24, 2.45) is 0 Å². The predicted octanol–water partition coefficient (Wildman–Crippen LogP) is 2.04. The average Bonchev–Trinajstić information content (AvgIpc) is 2.18. The number of nitro groups is 1. The van der Waals surface area contributed by atoms with Gasteiger partial charge in [0.25, 0.3) is 5.69 Å². The molecule has 1 aromatic carbocycles. The standard InChI is InChI=1S/C10H11NO4/c1-3-4-7-8(11(13)14)5-6-9(12)10(7)15-2/h3,5-6,12H,1,4H2,2H3. The third-order valence-corrected chi connectivity index (χ3v) is 1.96. The van der Waals surface area contributed by atoms with Crippen molar-refractivity contribution in [3.05, 3.63) is 40.5 Å². The van der Waals surface area contributed by atoms with Crippen LogP contribution in [0.3, 0.4) is 0 Å². The molecule has 0 heterocycles. The molecule has 0 saturated carbocycles. The van der Waals surface area contributed by atoms with Gasteiger partial charge in [-0.1, -0.05) is 6.08 Å². The van der Waals surface area contributed by atoms with Gasteiger partial charge in [-0.25, -0.2) is 0 Å². The summed E-state index contributed by atoms with van der Waals surface area (Å²) >= 11 is 0. The van der Waals surface area contributed by atoms with E-state index in [0.717, 1.165) is 0 Å². The van der Waals surface area contributed by atoms with Gasteiger partial charge in [0.1, 0.15) is 0 Å². The Morgan fingerprint density at radius 2 is 2.33 bits per heavy atom. The number of nitro benzene ring substituents is 1. The molecule has 1 rings (SSSR count). The molecule has 0 spiro atoms. The minimum Gasteiger partial charge on any atom is -0.504 e. The van der Waals surface area contributed by atoms with Gasteiger partial charge in [-0.3, -0.25) is 10.1 Å². The number of aromatic hydroxyl groups is 1. The van der Waals surface area contributed by atoms with E-state index in [1.165, 1.54) is 25.3 Å². The number of allylic oxidation sites excluding steroid dienone is 1. The molecule has 0 aliphatic carbocycles. The Balaban J connectivity index is 3.40. The zero-order valence-corrected chi connectivity index (χ0v) is 8.27. The highest BCUT2D eigenvalue weighted by molar-refractivity contribution is 5.57. The first-order valence-corrected chi connectivity index (χ1v) is 4.26. The molecule has 0 unspecified atom stereocenters. The van der Waals surface area contributed by atoms with Crippen LogP contribution in [0.4, 0.5) is 5.69 Å². The zero-order chi connectivity index (χ0) is 11.4. The van der Waals surface area contributed by atoms with Gasteiger partial charge in [0.2, 0.25) is 0 Å². The largest absolute Gasteiger partial charge is 0.504 e. The van der Waals surface area contributed by atoms with Crippen LogP contribution in [0.25, 0.3) is 0 Å². The number of hydrogen-bond donors (Lipinski definition) is 1. The Bertz CT molecular complexity index is 401. The lowest BCUT2D eigenvalue weighted by atomic mass is 10.1. The number of nitrogens with zero attached hydrogens (tertiary/aromatic N) is 1. The molecule has 0 aliphatic heterocycles. The smallest absolute Gasteiger partial charge is 0.276 e. The minimum atomic E-state index is -0.513. The molecule has 15 heavy (non-hydrogen) atoms. The zero-order valence-electron chi connectivity index (χ0n) is 8.27. The lowest BCUT2D eigenvalue weighted by molar-refractivity contribution is -0.385. The lowest BCUT2D eigenvalue weighted by Gasteiger charge is -2.08. The topological polar surface area (TPSA) is 72.6 Å². The van der Waals surface area contributed by atoms with E-state index in [2.05, 4.69) is 6.58 Å². The molecular weight excluding hydrogens is 198 g/mol. The van der Waals surface area contributed by atoms with Gasteiger partial charge in [0, 0.05) is 12.5 Å². The third kappa shape index (κ3) is 2.07. The molecule has 5 nitrogen and oxygen atoms in total. The predicted molar refractivity (Wildman–Crippen MR) is 55.2 cm³/mol. The summed E-state index contributed by atoms with van der Waals surface area (Å²) in [5.74, 6) is 0.0176. The van der Waals surface area contributed by atoms with Crippen molar-refractivity contribution in [1.29, 1.82) is 0 Å². The molecule has 0 atom stereocenters. The summed E-state index contributed by atoms with van der Waals surface area (Å²) in [5, 5.41) is 20.2. The number of rotatable bonds is 4. The Labute approximate surface area is 86.8 Å². The van der Waals surface area contributed by atoms with E-state index in [1.807, 2.05) is 0 Å². The van der Waals surface area contributed by atoms with Gasteiger partial charge in [-0.2, -0.15) is 0 Å². The van der Waals surface area contributed by atoms with Crippen LogP contribution in [0.1, 0.15) is 5.56 Å². The third-order valence-electron chi connectivity index (χ3n) is 1.96. The maximum Gasteiger partial charge on any atom is 0.276 e. The maximum atomic E-state index is 10.7. The fourth-order valence-corrected chi connectivity index (χ4v) is 1.35. The molecule has 80 valence electrons. The lowest BCUT2D eigenvalue weighted by Crippen LogP contribution is -1.98. The Hall–Kier alpha value is -2.04. The van der Waals surface area contributed by atoms with E-state index in [4.69, 9.17) is 4.74 Å². The molecule has 5 heteroatoms. The normalized spacial score (nSPS) is 9.67. The first-order valence-electron chi connectivity index (χ1n) is 4.26. The van der Waals surface area contributed by atoms with E-state index in [-0.39, 0.29) is 23.6 Å². The summed E-state index contributed by atoms with van der Waals surface area (Å²) in [6.45, 7) is 3.50. The van der Waals surface area contributed by atoms with Crippen LogP contribution >= 0.6 is 0 Å². The van der Waals surface area contributed by atoms with Crippen LogP contribution in [0.15, 0.2) is 24.8 Å². The monoisotopic (exact) mass is 209 g/mol. The van der Waals surface area contributed by atoms with Gasteiger partial charge in [-0.15, -0.1) is 6.58 Å². The molecule has 0 aliphatic rings. The summed E-state index contributed by atoms with van der Waals surface area (Å²) < 4.78 is 4.92. The summed E-state index contributed by atoms with van der Waals surface area (Å²) in [6, 6.07) is 2.49. The van der Waals surface area contributed by atoms with E-state index in [9.17, 15) is 15.2 Å². The Morgan fingerprint density at radius 1 is 1.67 bits per heavy atom. The second-order valence-corrected chi connectivity index (χ2v) is 2.87. The van der Waals surface area contributed by atoms with Gasteiger partial charge in [0.15, 0.2) is 11.5 Å². The summed E-state index contributed by atoms with van der Waals surface area (Å²) in [6.07, 6.45) is 1.79. The molecule has 0 aromatic heterocycles. The van der Waals surface area contributed by atoms with Gasteiger partial charge >= 0.3 is 0 Å². The van der Waals surface area contributed by atoms with Crippen molar-refractivity contribution < 1.29 is 14.8 Å². The van der Waals surface area contributed by atoms with E-state index in [0.29, 0.717) is 5.56 Å². The van der Waals surface area contributed by atoms with Crippen LogP contribution in [-0.2, 0) is 6.42 Å². The van der Waals surface area contributed by atoms with Crippen molar-refractivity contribution >= 4 is 5.69 Å². The van der Waals surface area contributed by atoms with Crippen LogP contribution in [0.2, 0.25) is 0 Å². The molecule has 0 fully saturated rings. The Kier molecular flexibility index (Phi) is 3.28. The van der Waals surface area contributed by atoms with Crippen LogP contribution < -0.4 is 4.74 Å². The van der Waals surface area contributed by atoms with Gasteiger partial charge in [0.05, 0.1) is 17.6 Å². The molecule has 0 bridgehead atoms. The molecule has 0 saturated heterocycles. The van der Waals surface area contributed by atoms with Crippen LogP contribution in [0, 0.1) is 10.1 Å². The molecule has 0 radical (unpaired) electrons. The summed E-state index contributed by atoms with van der Waals surface area (Å²) in [4.78, 5) is 10.2. The number of ether oxygens (including phenoxy) is 1. The Morgan fingerprint density at radius 3 is 2.80 bits per heavy atom. The first kappa shape index (κ1) is 11.0. The number of phenolic OH excluding ortho intramolecular Hbond substituents is 1. The van der Waals surface area contributed by atoms with Crippen molar-refractivity contribution in [2.45, 2.75) is 6.42 Å². The van der Waals surface area contributed by atoms with Gasteiger partial charge < -0.3 is 9.84 Å². The van der Waals surface area contributed by atoms with E-state index < -0.39 is 4.92 Å². The second-order valence-electron chi connectivity index (χ2n) is 2.87. The summed E-state index contributed by atoms with van der Waals surface area (Å²) in [5.41, 5.74) is 0.252. The number of phenols is 1. The van der Waals surface area contributed by atoms with Crippen molar-refractivity contribution in [3.63, 3.8) is 0 Å². The fourth-order valence-electron chi connectivity index (χ4n) is 1.35. The minimum absolute atomic E-state index is 0.0791.